The van der Waals surface area contributed by atoms with Crippen molar-refractivity contribution < 1.29 is 4.39 Å². The van der Waals surface area contributed by atoms with E-state index in [2.05, 4.69) is 15.6 Å². The van der Waals surface area contributed by atoms with Gasteiger partial charge in [-0.25, -0.2) is 14.7 Å². The molecule has 1 radical (unpaired) electrons. The van der Waals surface area contributed by atoms with Gasteiger partial charge >= 0.3 is 5.56 Å². The summed E-state index contributed by atoms with van der Waals surface area (Å²) in [6.45, 7) is 2.69. The summed E-state index contributed by atoms with van der Waals surface area (Å²) in [5.41, 5.74) is 0.463. The van der Waals surface area contributed by atoms with E-state index in [-0.39, 0.29) is 5.82 Å². The predicted octanol–water partition coefficient (Wildman–Crippen LogP) is 4.01. The Morgan fingerprint density at radius 2 is 2.12 bits per heavy atom. The molecule has 4 rings (SSSR count). The number of hydrogen-bond acceptors (Lipinski definition) is 4. The zero-order chi connectivity index (χ0) is 18.1. The number of nitrogens with one attached hydrogen (secondary N) is 1. The van der Waals surface area contributed by atoms with Gasteiger partial charge in [0.15, 0.2) is 11.5 Å². The molecule has 135 valence electrons. The van der Waals surface area contributed by atoms with Crippen LogP contribution in [0.1, 0.15) is 39.0 Å². The van der Waals surface area contributed by atoms with Crippen molar-refractivity contribution in [2.75, 3.05) is 5.32 Å². The van der Waals surface area contributed by atoms with Crippen LogP contribution in [0.2, 0.25) is 0 Å². The van der Waals surface area contributed by atoms with Gasteiger partial charge < -0.3 is 5.32 Å². The maximum atomic E-state index is 13.5. The molecule has 0 atom stereocenters. The summed E-state index contributed by atoms with van der Waals surface area (Å²) in [6, 6.07) is 6.08. The second-order valence-electron chi connectivity index (χ2n) is 6.76. The van der Waals surface area contributed by atoms with E-state index < -0.39 is 5.56 Å². The van der Waals surface area contributed by atoms with E-state index >= 15 is 0 Å². The van der Waals surface area contributed by atoms with Crippen molar-refractivity contribution in [3.05, 3.63) is 40.4 Å². The fraction of sp³-hybridized carbons (Fsp3) is 0.421. The Morgan fingerprint density at radius 1 is 1.31 bits per heavy atom. The lowest BCUT2D eigenvalue weighted by atomic mass is 10.1. The van der Waals surface area contributed by atoms with E-state index in [0.717, 1.165) is 25.1 Å². The monoisotopic (exact) mass is 354 g/mol. The van der Waals surface area contributed by atoms with Crippen LogP contribution in [0.3, 0.4) is 0 Å². The molecular weight excluding hydrogens is 333 g/mol. The highest BCUT2D eigenvalue weighted by molar-refractivity contribution is 5.96. The number of aliphatic imine (C=N–C) groups is 1. The van der Waals surface area contributed by atoms with E-state index in [9.17, 15) is 9.18 Å². The first-order valence-electron chi connectivity index (χ1n) is 9.13. The Labute approximate surface area is 151 Å². The van der Waals surface area contributed by atoms with Crippen LogP contribution in [-0.2, 0) is 6.54 Å². The molecule has 0 bridgehead atoms. The topological polar surface area (TPSA) is 73.4 Å². The molecule has 1 aromatic carbocycles. The van der Waals surface area contributed by atoms with Gasteiger partial charge in [-0.1, -0.05) is 25.8 Å². The summed E-state index contributed by atoms with van der Waals surface area (Å²) in [5, 5.41) is 7.56. The smallest absolute Gasteiger partial charge is 0.302 e. The van der Waals surface area contributed by atoms with Crippen LogP contribution in [0.4, 0.5) is 27.5 Å². The molecule has 2 aromatic rings. The number of anilines is 2. The maximum absolute atomic E-state index is 13.5. The first-order valence-corrected chi connectivity index (χ1v) is 9.13. The minimum Gasteiger partial charge on any atom is -0.325 e. The summed E-state index contributed by atoms with van der Waals surface area (Å²) >= 11 is 0. The number of aromatic nitrogens is 2. The second-order valence-corrected chi connectivity index (χ2v) is 6.76. The van der Waals surface area contributed by atoms with Gasteiger partial charge in [-0.3, -0.25) is 9.36 Å². The number of nitrogens with zero attached hydrogens (tertiary/aromatic N) is 4. The Morgan fingerprint density at radius 3 is 2.85 bits per heavy atom. The minimum atomic E-state index is -0.400. The van der Waals surface area contributed by atoms with Crippen LogP contribution in [0.15, 0.2) is 34.1 Å². The Hall–Kier alpha value is -2.70. The van der Waals surface area contributed by atoms with Crippen molar-refractivity contribution in [3.63, 3.8) is 0 Å². The third-order valence-electron chi connectivity index (χ3n) is 4.83. The average Bonchev–Trinajstić information content (AvgIpc) is 3.28. The standard InChI is InChI=1S/C19H21FN5O/c1-2-10-25-17-15(22-16(23-17)12-6-3-4-7-12)18(26)24-19(25)21-14-9-5-8-13(20)11-14/h5,8-9,11-12H,2-4,6-7,10H2,1H3,(H,21,24,26). The molecule has 0 amide bonds. The number of rotatable bonds is 5. The third-order valence-corrected chi connectivity index (χ3v) is 4.83. The van der Waals surface area contributed by atoms with Gasteiger partial charge in [-0.2, -0.15) is 4.98 Å². The number of benzene rings is 1. The van der Waals surface area contributed by atoms with Crippen LogP contribution >= 0.6 is 0 Å². The molecule has 1 saturated carbocycles. The van der Waals surface area contributed by atoms with Gasteiger partial charge in [0.05, 0.1) is 0 Å². The van der Waals surface area contributed by atoms with Crippen LogP contribution < -0.4 is 16.2 Å². The van der Waals surface area contributed by atoms with Crippen molar-refractivity contribution in [2.24, 2.45) is 10.9 Å². The van der Waals surface area contributed by atoms with E-state index in [1.54, 1.807) is 12.1 Å². The highest BCUT2D eigenvalue weighted by Crippen LogP contribution is 2.35. The lowest BCUT2D eigenvalue weighted by molar-refractivity contribution is 0.628. The summed E-state index contributed by atoms with van der Waals surface area (Å²) < 4.78 is 15.3. The quantitative estimate of drug-likeness (QED) is 0.882. The summed E-state index contributed by atoms with van der Waals surface area (Å²) in [5.74, 6) is 1.67. The Bertz CT molecular complexity index is 915. The van der Waals surface area contributed by atoms with Crippen LogP contribution in [0, 0.1) is 11.7 Å². The number of amidine groups is 1. The molecule has 2 aliphatic rings. The van der Waals surface area contributed by atoms with E-state index in [4.69, 9.17) is 4.99 Å². The number of fused-ring (bicyclic) bond motifs is 1. The first-order chi connectivity index (χ1) is 12.7. The highest BCUT2D eigenvalue weighted by atomic mass is 19.1. The predicted molar refractivity (Wildman–Crippen MR) is 99.3 cm³/mol. The fourth-order valence-corrected chi connectivity index (χ4v) is 3.59. The lowest BCUT2D eigenvalue weighted by Gasteiger charge is -2.15. The zero-order valence-corrected chi connectivity index (χ0v) is 14.7. The van der Waals surface area contributed by atoms with Gasteiger partial charge in [0, 0.05) is 18.2 Å². The highest BCUT2D eigenvalue weighted by Gasteiger charge is 2.31. The molecule has 6 nitrogen and oxygen atoms in total. The van der Waals surface area contributed by atoms with E-state index in [0.29, 0.717) is 35.6 Å². The van der Waals surface area contributed by atoms with Crippen molar-refractivity contribution >= 4 is 29.0 Å². The molecule has 1 aliphatic carbocycles. The molecule has 1 N–H and O–H groups in total. The molecule has 26 heavy (non-hydrogen) atoms. The molecule has 1 fully saturated rings. The molecule has 0 spiro atoms. The maximum Gasteiger partial charge on any atom is 0.302 e. The largest absolute Gasteiger partial charge is 0.325 e. The van der Waals surface area contributed by atoms with Gasteiger partial charge in [0.25, 0.3) is 0 Å². The SMILES string of the molecule is CCCn1c(Nc2cccc(F)c2)nc(=O)c2c1N=C(C1CCCC1)[N]2. The minimum absolute atomic E-state index is 0.324. The van der Waals surface area contributed by atoms with Gasteiger partial charge in [-0.15, -0.1) is 0 Å². The average molecular weight is 354 g/mol. The summed E-state index contributed by atoms with van der Waals surface area (Å²) in [7, 11) is 0. The number of halogens is 1. The molecule has 0 unspecified atom stereocenters. The fourth-order valence-electron chi connectivity index (χ4n) is 3.59. The van der Waals surface area contributed by atoms with Crippen molar-refractivity contribution in [3.8, 4) is 0 Å². The lowest BCUT2D eigenvalue weighted by Crippen LogP contribution is -2.22. The van der Waals surface area contributed by atoms with E-state index in [1.165, 1.54) is 25.0 Å². The normalized spacial score (nSPS) is 16.3. The molecular formula is C19H21FN5O. The third kappa shape index (κ3) is 3.09. The second kappa shape index (κ2) is 6.90. The van der Waals surface area contributed by atoms with Gasteiger partial charge in [0.2, 0.25) is 5.95 Å². The van der Waals surface area contributed by atoms with Crippen LogP contribution in [0.5, 0.6) is 0 Å². The molecule has 1 aromatic heterocycles. The molecule has 2 heterocycles. The van der Waals surface area contributed by atoms with Gasteiger partial charge in [0.1, 0.15) is 11.7 Å². The van der Waals surface area contributed by atoms with Crippen LogP contribution in [-0.4, -0.2) is 15.4 Å². The number of hydrogen-bond donors (Lipinski definition) is 1. The van der Waals surface area contributed by atoms with Crippen molar-refractivity contribution in [2.45, 2.75) is 45.6 Å². The Balaban J connectivity index is 1.75. The summed E-state index contributed by atoms with van der Waals surface area (Å²) in [6.07, 6.45) is 5.35. The van der Waals surface area contributed by atoms with Crippen LogP contribution in [0.25, 0.3) is 0 Å². The molecule has 1 aliphatic heterocycles. The summed E-state index contributed by atoms with van der Waals surface area (Å²) in [4.78, 5) is 21.3. The molecule has 0 saturated heterocycles. The van der Waals surface area contributed by atoms with Crippen molar-refractivity contribution in [1.29, 1.82) is 0 Å². The Kier molecular flexibility index (Phi) is 4.44. The first kappa shape index (κ1) is 16.8. The van der Waals surface area contributed by atoms with E-state index in [1.807, 2.05) is 11.5 Å². The molecule has 7 heteroatoms. The van der Waals surface area contributed by atoms with Crippen molar-refractivity contribution in [1.82, 2.24) is 14.9 Å². The van der Waals surface area contributed by atoms with Gasteiger partial charge in [-0.05, 0) is 37.5 Å². The zero-order valence-electron chi connectivity index (χ0n) is 14.7.